The maximum Gasteiger partial charge on any atom is 0.411 e. The molecule has 1 amide bonds. The largest absolute Gasteiger partial charge is 0.481 e. The van der Waals surface area contributed by atoms with E-state index in [-0.39, 0.29) is 19.6 Å². The van der Waals surface area contributed by atoms with Crippen molar-refractivity contribution in [3.8, 4) is 0 Å². The number of unbranched alkanes of at least 4 members (excludes halogenated alkanes) is 1. The van der Waals surface area contributed by atoms with Crippen molar-refractivity contribution < 1.29 is 29.0 Å². The molecule has 0 aromatic rings. The molecule has 2 unspecified atom stereocenters. The van der Waals surface area contributed by atoms with Crippen molar-refractivity contribution in [2.45, 2.75) is 65.0 Å². The van der Waals surface area contributed by atoms with E-state index in [1.165, 1.54) is 4.90 Å². The molecule has 7 heteroatoms. The lowest BCUT2D eigenvalue weighted by molar-refractivity contribution is -0.154. The summed E-state index contributed by atoms with van der Waals surface area (Å²) in [7, 11) is 0. The highest BCUT2D eigenvalue weighted by Crippen LogP contribution is 2.26. The Morgan fingerprint density at radius 1 is 1.26 bits per heavy atom. The van der Waals surface area contributed by atoms with Crippen LogP contribution in [-0.4, -0.2) is 52.8 Å². The van der Waals surface area contributed by atoms with E-state index >= 15 is 0 Å². The lowest BCUT2D eigenvalue weighted by Gasteiger charge is -2.37. The zero-order valence-corrected chi connectivity index (χ0v) is 14.3. The number of aliphatic carboxylic acids is 1. The van der Waals surface area contributed by atoms with Crippen molar-refractivity contribution in [1.82, 2.24) is 4.90 Å². The second-order valence-corrected chi connectivity index (χ2v) is 6.77. The molecule has 0 saturated carbocycles. The Labute approximate surface area is 136 Å². The van der Waals surface area contributed by atoms with Crippen LogP contribution in [0.1, 0.15) is 53.4 Å². The van der Waals surface area contributed by atoms with Gasteiger partial charge in [-0.15, -0.1) is 0 Å². The SMILES string of the molecule is CCCCOC(=O)C1CC(C(=O)O)CCN1C(=O)OC(C)(C)C. The molecule has 0 aromatic heterocycles. The summed E-state index contributed by atoms with van der Waals surface area (Å²) in [4.78, 5) is 37.0. The zero-order valence-electron chi connectivity index (χ0n) is 14.3. The van der Waals surface area contributed by atoms with E-state index in [1.54, 1.807) is 20.8 Å². The summed E-state index contributed by atoms with van der Waals surface area (Å²) in [6, 6.07) is -0.906. The van der Waals surface area contributed by atoms with Crippen LogP contribution in [0, 0.1) is 5.92 Å². The highest BCUT2D eigenvalue weighted by molar-refractivity contribution is 5.83. The van der Waals surface area contributed by atoms with Gasteiger partial charge in [-0.05, 0) is 40.0 Å². The predicted molar refractivity (Wildman–Crippen MR) is 83.0 cm³/mol. The van der Waals surface area contributed by atoms with Gasteiger partial charge < -0.3 is 14.6 Å². The molecule has 0 aliphatic carbocycles. The zero-order chi connectivity index (χ0) is 17.6. The fourth-order valence-electron chi connectivity index (χ4n) is 2.37. The lowest BCUT2D eigenvalue weighted by Crippen LogP contribution is -2.53. The van der Waals surface area contributed by atoms with Crippen LogP contribution >= 0.6 is 0 Å². The first-order chi connectivity index (χ1) is 10.7. The molecular weight excluding hydrogens is 302 g/mol. The van der Waals surface area contributed by atoms with Crippen LogP contribution < -0.4 is 0 Å². The maximum atomic E-state index is 12.3. The number of carboxylic acid groups (broad SMARTS) is 1. The number of hydrogen-bond donors (Lipinski definition) is 1. The minimum Gasteiger partial charge on any atom is -0.481 e. The second kappa shape index (κ2) is 8.17. The molecule has 2 atom stereocenters. The maximum absolute atomic E-state index is 12.3. The number of nitrogens with zero attached hydrogens (tertiary/aromatic N) is 1. The molecule has 1 aliphatic rings. The first-order valence-electron chi connectivity index (χ1n) is 8.04. The van der Waals surface area contributed by atoms with Crippen LogP contribution in [0.4, 0.5) is 4.79 Å². The number of ether oxygens (including phenoxy) is 2. The number of esters is 1. The number of hydrogen-bond acceptors (Lipinski definition) is 5. The van der Waals surface area contributed by atoms with Crippen LogP contribution in [0.2, 0.25) is 0 Å². The van der Waals surface area contributed by atoms with Crippen molar-refractivity contribution in [3.63, 3.8) is 0 Å². The highest BCUT2D eigenvalue weighted by atomic mass is 16.6. The number of rotatable bonds is 5. The summed E-state index contributed by atoms with van der Waals surface area (Å²) in [5, 5.41) is 9.18. The van der Waals surface area contributed by atoms with Gasteiger partial charge in [-0.25, -0.2) is 9.59 Å². The van der Waals surface area contributed by atoms with Gasteiger partial charge in [-0.2, -0.15) is 0 Å². The van der Waals surface area contributed by atoms with Crippen molar-refractivity contribution in [2.24, 2.45) is 5.92 Å². The summed E-state index contributed by atoms with van der Waals surface area (Å²) in [5.74, 6) is -2.17. The van der Waals surface area contributed by atoms with Gasteiger partial charge in [0.15, 0.2) is 0 Å². The smallest absolute Gasteiger partial charge is 0.411 e. The van der Waals surface area contributed by atoms with Gasteiger partial charge in [-0.1, -0.05) is 13.3 Å². The summed E-state index contributed by atoms with van der Waals surface area (Å²) >= 11 is 0. The molecule has 1 fully saturated rings. The second-order valence-electron chi connectivity index (χ2n) is 6.77. The van der Waals surface area contributed by atoms with Crippen LogP contribution in [-0.2, 0) is 19.1 Å². The Morgan fingerprint density at radius 2 is 1.91 bits per heavy atom. The first kappa shape index (κ1) is 19.3. The Kier molecular flexibility index (Phi) is 6.84. The third-order valence-electron chi connectivity index (χ3n) is 3.59. The van der Waals surface area contributed by atoms with E-state index in [9.17, 15) is 19.5 Å². The fourth-order valence-corrected chi connectivity index (χ4v) is 2.37. The lowest BCUT2D eigenvalue weighted by atomic mass is 9.91. The molecule has 1 rings (SSSR count). The standard InChI is InChI=1S/C16H27NO6/c1-5-6-9-22-14(20)12-10-11(13(18)19)7-8-17(12)15(21)23-16(2,3)4/h11-12H,5-10H2,1-4H3,(H,18,19). The molecular formula is C16H27NO6. The molecule has 132 valence electrons. The minimum atomic E-state index is -0.958. The van der Waals surface area contributed by atoms with E-state index in [2.05, 4.69) is 0 Å². The van der Waals surface area contributed by atoms with Gasteiger partial charge in [0.1, 0.15) is 11.6 Å². The average molecular weight is 329 g/mol. The number of amides is 1. The molecule has 1 heterocycles. The first-order valence-corrected chi connectivity index (χ1v) is 8.04. The van der Waals surface area contributed by atoms with Crippen molar-refractivity contribution in [3.05, 3.63) is 0 Å². The Bertz CT molecular complexity index is 442. The summed E-state index contributed by atoms with van der Waals surface area (Å²) in [6.07, 6.45) is 1.35. The Hall–Kier alpha value is -1.79. The van der Waals surface area contributed by atoms with E-state index in [1.807, 2.05) is 6.92 Å². The summed E-state index contributed by atoms with van der Waals surface area (Å²) in [5.41, 5.74) is -0.683. The molecule has 1 aliphatic heterocycles. The van der Waals surface area contributed by atoms with Gasteiger partial charge in [0, 0.05) is 6.54 Å². The normalized spacial score (nSPS) is 21.7. The number of carbonyl (C=O) groups excluding carboxylic acids is 2. The third kappa shape index (κ3) is 6.08. The molecule has 0 radical (unpaired) electrons. The molecule has 0 bridgehead atoms. The number of carboxylic acids is 1. The van der Waals surface area contributed by atoms with E-state index < -0.39 is 35.6 Å². The summed E-state index contributed by atoms with van der Waals surface area (Å²) in [6.45, 7) is 7.63. The molecule has 23 heavy (non-hydrogen) atoms. The number of piperidine rings is 1. The Morgan fingerprint density at radius 3 is 2.43 bits per heavy atom. The summed E-state index contributed by atoms with van der Waals surface area (Å²) < 4.78 is 10.5. The molecule has 1 N–H and O–H groups in total. The van der Waals surface area contributed by atoms with Gasteiger partial charge in [0.05, 0.1) is 12.5 Å². The van der Waals surface area contributed by atoms with Crippen molar-refractivity contribution >= 4 is 18.0 Å². The van der Waals surface area contributed by atoms with E-state index in [0.717, 1.165) is 12.8 Å². The van der Waals surface area contributed by atoms with Gasteiger partial charge >= 0.3 is 18.0 Å². The van der Waals surface area contributed by atoms with E-state index in [0.29, 0.717) is 6.42 Å². The quantitative estimate of drug-likeness (QED) is 0.615. The van der Waals surface area contributed by atoms with Crippen LogP contribution in [0.25, 0.3) is 0 Å². The third-order valence-corrected chi connectivity index (χ3v) is 3.59. The minimum absolute atomic E-state index is 0.0551. The number of carbonyl (C=O) groups is 3. The predicted octanol–water partition coefficient (Wildman–Crippen LogP) is 2.43. The van der Waals surface area contributed by atoms with Gasteiger partial charge in [0.25, 0.3) is 0 Å². The Balaban J connectivity index is 2.82. The molecule has 0 aromatic carbocycles. The monoisotopic (exact) mass is 329 g/mol. The van der Waals surface area contributed by atoms with Crippen LogP contribution in [0.5, 0.6) is 0 Å². The average Bonchev–Trinajstić information content (AvgIpc) is 2.44. The van der Waals surface area contributed by atoms with Crippen molar-refractivity contribution in [1.29, 1.82) is 0 Å². The molecule has 1 saturated heterocycles. The number of likely N-dealkylation sites (tertiary alicyclic amines) is 1. The molecule has 0 spiro atoms. The topological polar surface area (TPSA) is 93.1 Å². The fraction of sp³-hybridized carbons (Fsp3) is 0.812. The highest BCUT2D eigenvalue weighted by Gasteiger charge is 2.41. The van der Waals surface area contributed by atoms with Gasteiger partial charge in [0.2, 0.25) is 0 Å². The van der Waals surface area contributed by atoms with E-state index in [4.69, 9.17) is 9.47 Å². The van der Waals surface area contributed by atoms with Crippen LogP contribution in [0.3, 0.4) is 0 Å². The van der Waals surface area contributed by atoms with Crippen LogP contribution in [0.15, 0.2) is 0 Å². The van der Waals surface area contributed by atoms with Gasteiger partial charge in [-0.3, -0.25) is 9.69 Å². The molecule has 7 nitrogen and oxygen atoms in total. The van der Waals surface area contributed by atoms with Crippen molar-refractivity contribution in [2.75, 3.05) is 13.2 Å².